The van der Waals surface area contributed by atoms with E-state index < -0.39 is 0 Å². The average Bonchev–Trinajstić information content (AvgIpc) is 2.93. The van der Waals surface area contributed by atoms with Gasteiger partial charge in [0.15, 0.2) is 0 Å². The lowest BCUT2D eigenvalue weighted by atomic mass is 10.3. The van der Waals surface area contributed by atoms with Crippen molar-refractivity contribution in [2.75, 3.05) is 0 Å². The topological polar surface area (TPSA) is 79.2 Å². The number of aromatic nitrogens is 2. The van der Waals surface area contributed by atoms with Crippen molar-refractivity contribution in [3.05, 3.63) is 58.8 Å². The summed E-state index contributed by atoms with van der Waals surface area (Å²) < 4.78 is 1.31. The number of hydrazone groups is 1. The van der Waals surface area contributed by atoms with Crippen LogP contribution in [-0.4, -0.2) is 21.2 Å². The minimum absolute atomic E-state index is 0.0544. The van der Waals surface area contributed by atoms with E-state index in [1.165, 1.54) is 10.6 Å². The summed E-state index contributed by atoms with van der Waals surface area (Å²) in [6, 6.07) is 8.43. The molecule has 0 unspecified atom stereocenters. The number of aromatic amines is 1. The van der Waals surface area contributed by atoms with Gasteiger partial charge in [-0.1, -0.05) is 6.07 Å². The third-order valence-electron chi connectivity index (χ3n) is 2.55. The molecule has 2 heterocycles. The summed E-state index contributed by atoms with van der Waals surface area (Å²) in [5.41, 5.74) is 3.69. The zero-order valence-electron chi connectivity index (χ0n) is 10.5. The maximum absolute atomic E-state index is 11.7. The van der Waals surface area contributed by atoms with E-state index in [1.807, 2.05) is 12.1 Å². The molecule has 0 atom stereocenters. The summed E-state index contributed by atoms with van der Waals surface area (Å²) in [6.07, 6.45) is 3.34. The van der Waals surface area contributed by atoms with Gasteiger partial charge in [0, 0.05) is 18.5 Å². The Morgan fingerprint density at radius 3 is 2.89 bits per heavy atom. The minimum atomic E-state index is -0.348. The van der Waals surface area contributed by atoms with Crippen molar-refractivity contribution < 1.29 is 4.79 Å². The van der Waals surface area contributed by atoms with E-state index >= 15 is 0 Å². The molecule has 1 amide bonds. The Bertz CT molecular complexity index is 641. The quantitative estimate of drug-likeness (QED) is 0.626. The summed E-state index contributed by atoms with van der Waals surface area (Å²) in [7, 11) is 0. The van der Waals surface area contributed by atoms with Crippen molar-refractivity contribution in [3.63, 3.8) is 0 Å². The largest absolute Gasteiger partial charge is 0.360 e. The zero-order chi connectivity index (χ0) is 13.7. The highest BCUT2D eigenvalue weighted by Gasteiger charge is 2.03. The number of nitrogens with one attached hydrogen (secondary N) is 2. The van der Waals surface area contributed by atoms with Crippen LogP contribution in [0.15, 0.2) is 52.6 Å². The van der Waals surface area contributed by atoms with Crippen LogP contribution in [0.1, 0.15) is 12.6 Å². The number of pyridine rings is 1. The van der Waals surface area contributed by atoms with Crippen LogP contribution in [0.25, 0.3) is 0 Å². The molecule has 6 nitrogen and oxygen atoms in total. The monoisotopic (exact) mass is 258 g/mol. The molecule has 19 heavy (non-hydrogen) atoms. The molecule has 2 rings (SSSR count). The molecule has 0 spiro atoms. The highest BCUT2D eigenvalue weighted by Crippen LogP contribution is 1.96. The Morgan fingerprint density at radius 2 is 2.21 bits per heavy atom. The van der Waals surface area contributed by atoms with Crippen molar-refractivity contribution in [2.24, 2.45) is 5.10 Å². The van der Waals surface area contributed by atoms with Gasteiger partial charge in [0.1, 0.15) is 6.54 Å². The van der Waals surface area contributed by atoms with Crippen LogP contribution < -0.4 is 11.0 Å². The second-order valence-corrected chi connectivity index (χ2v) is 3.98. The normalized spacial score (nSPS) is 11.3. The second kappa shape index (κ2) is 5.81. The van der Waals surface area contributed by atoms with Crippen molar-refractivity contribution in [1.82, 2.24) is 15.0 Å². The minimum Gasteiger partial charge on any atom is -0.360 e. The molecule has 0 radical (unpaired) electrons. The smallest absolute Gasteiger partial charge is 0.260 e. The second-order valence-electron chi connectivity index (χ2n) is 3.98. The fourth-order valence-corrected chi connectivity index (χ4v) is 1.54. The molecule has 0 saturated heterocycles. The number of hydrogen-bond acceptors (Lipinski definition) is 3. The predicted octanol–water partition coefficient (Wildman–Crippen LogP) is 0.717. The number of H-pyrrole nitrogens is 1. The highest BCUT2D eigenvalue weighted by atomic mass is 16.2. The lowest BCUT2D eigenvalue weighted by Gasteiger charge is -2.04. The molecular formula is C13H14N4O2. The van der Waals surface area contributed by atoms with Gasteiger partial charge in [-0.05, 0) is 25.1 Å². The Morgan fingerprint density at radius 1 is 1.37 bits per heavy atom. The molecule has 2 aromatic rings. The van der Waals surface area contributed by atoms with Crippen LogP contribution >= 0.6 is 0 Å². The zero-order valence-corrected chi connectivity index (χ0v) is 10.5. The van der Waals surface area contributed by atoms with Gasteiger partial charge in [-0.25, -0.2) is 5.43 Å². The molecule has 2 aromatic heterocycles. The number of hydrogen-bond donors (Lipinski definition) is 2. The van der Waals surface area contributed by atoms with E-state index in [9.17, 15) is 9.59 Å². The highest BCUT2D eigenvalue weighted by molar-refractivity contribution is 5.97. The molecule has 0 aliphatic heterocycles. The maximum atomic E-state index is 11.7. The van der Waals surface area contributed by atoms with Crippen molar-refractivity contribution in [1.29, 1.82) is 0 Å². The van der Waals surface area contributed by atoms with E-state index in [1.54, 1.807) is 31.5 Å². The summed E-state index contributed by atoms with van der Waals surface area (Å²) >= 11 is 0. The Kier molecular flexibility index (Phi) is 3.92. The van der Waals surface area contributed by atoms with Gasteiger partial charge >= 0.3 is 0 Å². The van der Waals surface area contributed by atoms with Crippen LogP contribution in [0.5, 0.6) is 0 Å². The van der Waals surface area contributed by atoms with Crippen molar-refractivity contribution in [3.8, 4) is 0 Å². The third kappa shape index (κ3) is 3.41. The Balaban J connectivity index is 1.97. The first kappa shape index (κ1) is 12.8. The number of carbonyl (C=O) groups is 1. The lowest BCUT2D eigenvalue weighted by molar-refractivity contribution is -0.121. The van der Waals surface area contributed by atoms with Crippen LogP contribution in [-0.2, 0) is 11.3 Å². The van der Waals surface area contributed by atoms with Gasteiger partial charge in [0.05, 0.1) is 11.4 Å². The van der Waals surface area contributed by atoms with Crippen LogP contribution in [0.3, 0.4) is 0 Å². The van der Waals surface area contributed by atoms with Crippen molar-refractivity contribution >= 4 is 11.6 Å². The fraction of sp³-hybridized carbons (Fsp3) is 0.154. The van der Waals surface area contributed by atoms with Gasteiger partial charge in [0.25, 0.3) is 11.5 Å². The van der Waals surface area contributed by atoms with Gasteiger partial charge < -0.3 is 9.55 Å². The van der Waals surface area contributed by atoms with Crippen LogP contribution in [0.2, 0.25) is 0 Å². The first-order valence-electron chi connectivity index (χ1n) is 5.79. The average molecular weight is 258 g/mol. The fourth-order valence-electron chi connectivity index (χ4n) is 1.54. The van der Waals surface area contributed by atoms with Gasteiger partial charge in [-0.15, -0.1) is 0 Å². The van der Waals surface area contributed by atoms with Gasteiger partial charge in [-0.3, -0.25) is 9.59 Å². The molecule has 2 N–H and O–H groups in total. The van der Waals surface area contributed by atoms with Gasteiger partial charge in [0.2, 0.25) is 0 Å². The molecule has 0 bridgehead atoms. The predicted molar refractivity (Wildman–Crippen MR) is 71.8 cm³/mol. The summed E-state index contributed by atoms with van der Waals surface area (Å²) in [5.74, 6) is -0.348. The molecule has 6 heteroatoms. The van der Waals surface area contributed by atoms with Crippen LogP contribution in [0, 0.1) is 0 Å². The van der Waals surface area contributed by atoms with E-state index in [4.69, 9.17) is 0 Å². The number of carbonyl (C=O) groups excluding carboxylic acids is 1. The molecule has 0 aromatic carbocycles. The maximum Gasteiger partial charge on any atom is 0.260 e. The molecule has 98 valence electrons. The summed E-state index contributed by atoms with van der Waals surface area (Å²) in [5, 5.41) is 3.96. The first-order chi connectivity index (χ1) is 9.16. The molecule has 0 saturated carbocycles. The standard InChI is InChI=1S/C13H14N4O2/c1-10(11-5-4-7-14-11)15-16-12(18)9-17-8-3-2-6-13(17)19/h2-8,14H,9H2,1H3,(H,16,18)/b15-10+. The Hall–Kier alpha value is -2.63. The van der Waals surface area contributed by atoms with Crippen LogP contribution in [0.4, 0.5) is 0 Å². The van der Waals surface area contributed by atoms with E-state index in [2.05, 4.69) is 15.5 Å². The van der Waals surface area contributed by atoms with Gasteiger partial charge in [-0.2, -0.15) is 5.10 Å². The van der Waals surface area contributed by atoms with E-state index in [0.717, 1.165) is 5.69 Å². The number of rotatable bonds is 4. The molecule has 0 fully saturated rings. The lowest BCUT2D eigenvalue weighted by Crippen LogP contribution is -2.29. The Labute approximate surface area is 109 Å². The first-order valence-corrected chi connectivity index (χ1v) is 5.79. The summed E-state index contributed by atoms with van der Waals surface area (Å²) in [4.78, 5) is 26.1. The third-order valence-corrected chi connectivity index (χ3v) is 2.55. The molecular weight excluding hydrogens is 244 g/mol. The summed E-state index contributed by atoms with van der Waals surface area (Å²) in [6.45, 7) is 1.72. The molecule has 0 aliphatic rings. The van der Waals surface area contributed by atoms with Crippen molar-refractivity contribution in [2.45, 2.75) is 13.5 Å². The SMILES string of the molecule is C/C(=N\NC(=O)Cn1ccccc1=O)c1ccc[nH]1. The van der Waals surface area contributed by atoms with E-state index in [-0.39, 0.29) is 18.0 Å². The number of nitrogens with zero attached hydrogens (tertiary/aromatic N) is 2. The number of amides is 1. The van der Waals surface area contributed by atoms with E-state index in [0.29, 0.717) is 5.71 Å². The molecule has 0 aliphatic carbocycles.